The predicted octanol–water partition coefficient (Wildman–Crippen LogP) is 3.67. The largest absolute Gasteiger partial charge is 0.493 e. The first-order chi connectivity index (χ1) is 14.2. The average Bonchev–Trinajstić information content (AvgIpc) is 3.32. The fourth-order valence-corrected chi connectivity index (χ4v) is 4.66. The zero-order valence-corrected chi connectivity index (χ0v) is 18.8. The van der Waals surface area contributed by atoms with Crippen LogP contribution in [0.1, 0.15) is 29.1 Å². The molecule has 11 heteroatoms. The first-order valence-corrected chi connectivity index (χ1v) is 12.3. The third-order valence-corrected chi connectivity index (χ3v) is 7.04. The summed E-state index contributed by atoms with van der Waals surface area (Å²) in [6.07, 6.45) is 1.71. The zero-order valence-electron chi connectivity index (χ0n) is 16.3. The molecule has 0 fully saturated rings. The highest BCUT2D eigenvalue weighted by Crippen LogP contribution is 2.36. The Morgan fingerprint density at radius 2 is 2.03 bits per heavy atom. The van der Waals surface area contributed by atoms with Gasteiger partial charge in [-0.25, -0.2) is 4.98 Å². The molecule has 0 bridgehead atoms. The minimum atomic E-state index is -4.41. The standard InChI is InChI=1S/C19H21N2O6PS2/c1-12(2)27-15-9-13(8-14(10-15)26-6-5-16-4-3-7-29-16)18(22)21-19-20-11-17(30-19)28(23,24)25/h3-4,7-12H,5-6H2,1-2H3,(H,20,21,22)(H2,23,24,25). The lowest BCUT2D eigenvalue weighted by Crippen LogP contribution is -2.13. The molecule has 3 aromatic rings. The number of nitrogens with one attached hydrogen (secondary N) is 1. The normalized spacial score (nSPS) is 11.5. The fraction of sp³-hybridized carbons (Fsp3) is 0.263. The van der Waals surface area contributed by atoms with Crippen molar-refractivity contribution < 1.29 is 28.6 Å². The van der Waals surface area contributed by atoms with Crippen LogP contribution in [0.15, 0.2) is 41.9 Å². The molecule has 0 atom stereocenters. The first kappa shape index (κ1) is 22.5. The van der Waals surface area contributed by atoms with Crippen LogP contribution in [-0.2, 0) is 11.0 Å². The van der Waals surface area contributed by atoms with E-state index in [1.54, 1.807) is 29.5 Å². The first-order valence-electron chi connectivity index (χ1n) is 9.01. The molecule has 0 aliphatic carbocycles. The highest BCUT2D eigenvalue weighted by Gasteiger charge is 2.22. The zero-order chi connectivity index (χ0) is 21.7. The van der Waals surface area contributed by atoms with Gasteiger partial charge in [-0.15, -0.1) is 11.3 Å². The number of rotatable bonds is 9. The summed E-state index contributed by atoms with van der Waals surface area (Å²) in [7, 11) is -4.41. The van der Waals surface area contributed by atoms with Crippen LogP contribution in [0.2, 0.25) is 0 Å². The van der Waals surface area contributed by atoms with Crippen LogP contribution in [0.5, 0.6) is 11.5 Å². The Bertz CT molecular complexity index is 1050. The van der Waals surface area contributed by atoms with E-state index in [2.05, 4.69) is 10.3 Å². The van der Waals surface area contributed by atoms with E-state index in [-0.39, 0.29) is 21.4 Å². The average molecular weight is 468 g/mol. The number of amides is 1. The Kier molecular flexibility index (Phi) is 7.27. The number of carbonyl (C=O) groups excluding carboxylic acids is 1. The van der Waals surface area contributed by atoms with Crippen LogP contribution in [0, 0.1) is 0 Å². The number of anilines is 1. The number of benzene rings is 1. The van der Waals surface area contributed by atoms with Crippen LogP contribution >= 0.6 is 30.3 Å². The molecule has 1 amide bonds. The van der Waals surface area contributed by atoms with Crippen LogP contribution in [0.4, 0.5) is 5.13 Å². The lowest BCUT2D eigenvalue weighted by Gasteiger charge is -2.14. The molecule has 0 aliphatic heterocycles. The van der Waals surface area contributed by atoms with Gasteiger partial charge in [-0.05, 0) is 37.4 Å². The maximum atomic E-state index is 12.7. The van der Waals surface area contributed by atoms with E-state index in [0.717, 1.165) is 24.0 Å². The Hall–Kier alpha value is -2.23. The van der Waals surface area contributed by atoms with Gasteiger partial charge in [-0.1, -0.05) is 17.4 Å². The minimum absolute atomic E-state index is 0.0907. The molecule has 30 heavy (non-hydrogen) atoms. The van der Waals surface area contributed by atoms with Gasteiger partial charge in [0.15, 0.2) is 5.13 Å². The quantitative estimate of drug-likeness (QED) is 0.410. The van der Waals surface area contributed by atoms with Crippen molar-refractivity contribution in [2.45, 2.75) is 26.4 Å². The lowest BCUT2D eigenvalue weighted by molar-refractivity contribution is 0.102. The van der Waals surface area contributed by atoms with Crippen molar-refractivity contribution in [3.05, 3.63) is 52.3 Å². The molecule has 2 heterocycles. The van der Waals surface area contributed by atoms with Crippen LogP contribution < -0.4 is 19.4 Å². The molecule has 8 nitrogen and oxygen atoms in total. The maximum Gasteiger partial charge on any atom is 0.367 e. The van der Waals surface area contributed by atoms with Crippen molar-refractivity contribution in [2.24, 2.45) is 0 Å². The van der Waals surface area contributed by atoms with Crippen molar-refractivity contribution in [2.75, 3.05) is 11.9 Å². The molecule has 0 aliphatic rings. The van der Waals surface area contributed by atoms with Crippen LogP contribution in [-0.4, -0.2) is 33.4 Å². The van der Waals surface area contributed by atoms with E-state index in [1.165, 1.54) is 4.88 Å². The highest BCUT2D eigenvalue weighted by molar-refractivity contribution is 7.67. The fourth-order valence-electron chi connectivity index (χ4n) is 2.48. The summed E-state index contributed by atoms with van der Waals surface area (Å²) >= 11 is 2.38. The van der Waals surface area contributed by atoms with Crippen molar-refractivity contribution in [1.82, 2.24) is 4.98 Å². The van der Waals surface area contributed by atoms with Gasteiger partial charge in [0, 0.05) is 22.9 Å². The molecule has 0 saturated heterocycles. The topological polar surface area (TPSA) is 118 Å². The molecule has 3 rings (SSSR count). The molecule has 160 valence electrons. The molecular formula is C19H21N2O6PS2. The number of thiazole rings is 1. The van der Waals surface area contributed by atoms with E-state index in [4.69, 9.17) is 9.47 Å². The van der Waals surface area contributed by atoms with Crippen molar-refractivity contribution in [3.63, 3.8) is 0 Å². The van der Waals surface area contributed by atoms with E-state index < -0.39 is 13.5 Å². The summed E-state index contributed by atoms with van der Waals surface area (Å²) in [4.78, 5) is 36.1. The number of hydrogen-bond donors (Lipinski definition) is 3. The molecule has 2 aromatic heterocycles. The second-order valence-electron chi connectivity index (χ2n) is 6.54. The summed E-state index contributed by atoms with van der Waals surface area (Å²) in [5, 5.41) is 4.65. The van der Waals surface area contributed by atoms with Crippen LogP contribution in [0.3, 0.4) is 0 Å². The summed E-state index contributed by atoms with van der Waals surface area (Å²) in [6, 6.07) is 8.91. The minimum Gasteiger partial charge on any atom is -0.493 e. The number of thiophene rings is 1. The Labute approximate surface area is 181 Å². The number of carbonyl (C=O) groups is 1. The van der Waals surface area contributed by atoms with Crippen molar-refractivity contribution in [3.8, 4) is 11.5 Å². The Morgan fingerprint density at radius 3 is 2.67 bits per heavy atom. The molecule has 1 aromatic carbocycles. The summed E-state index contributed by atoms with van der Waals surface area (Å²) in [5.41, 5.74) is 0.284. The van der Waals surface area contributed by atoms with Crippen LogP contribution in [0.25, 0.3) is 0 Å². The SMILES string of the molecule is CC(C)Oc1cc(OCCc2cccs2)cc(C(=O)Nc2ncc(P(=O)(O)O)s2)c1. The molecule has 0 spiro atoms. The third-order valence-electron chi connectivity index (χ3n) is 3.71. The van der Waals surface area contributed by atoms with Gasteiger partial charge in [0.1, 0.15) is 16.1 Å². The number of nitrogens with zero attached hydrogens (tertiary/aromatic N) is 1. The lowest BCUT2D eigenvalue weighted by atomic mass is 10.2. The van der Waals surface area contributed by atoms with Gasteiger partial charge < -0.3 is 19.3 Å². The van der Waals surface area contributed by atoms with Gasteiger partial charge in [-0.2, -0.15) is 0 Å². The summed E-state index contributed by atoms with van der Waals surface area (Å²) in [6.45, 7) is 4.21. The van der Waals surface area contributed by atoms with Gasteiger partial charge in [0.25, 0.3) is 5.91 Å². The molecule has 0 saturated carbocycles. The van der Waals surface area contributed by atoms with E-state index in [0.29, 0.717) is 18.1 Å². The van der Waals surface area contributed by atoms with Crippen molar-refractivity contribution >= 4 is 45.9 Å². The number of hydrogen-bond acceptors (Lipinski definition) is 7. The Balaban J connectivity index is 1.74. The highest BCUT2D eigenvalue weighted by atomic mass is 32.1. The molecule has 0 radical (unpaired) electrons. The number of ether oxygens (including phenoxy) is 2. The second-order valence-corrected chi connectivity index (χ2v) is 10.5. The van der Waals surface area contributed by atoms with Crippen molar-refractivity contribution in [1.29, 1.82) is 0 Å². The molecule has 3 N–H and O–H groups in total. The maximum absolute atomic E-state index is 12.7. The van der Waals surface area contributed by atoms with Gasteiger partial charge in [0.05, 0.1) is 18.9 Å². The van der Waals surface area contributed by atoms with Gasteiger partial charge >= 0.3 is 7.60 Å². The molecular weight excluding hydrogens is 447 g/mol. The van der Waals surface area contributed by atoms with Gasteiger partial charge in [0.2, 0.25) is 0 Å². The Morgan fingerprint density at radius 1 is 1.27 bits per heavy atom. The van der Waals surface area contributed by atoms with E-state index in [1.807, 2.05) is 31.4 Å². The van der Waals surface area contributed by atoms with E-state index in [9.17, 15) is 19.1 Å². The van der Waals surface area contributed by atoms with Gasteiger partial charge in [-0.3, -0.25) is 14.7 Å². The van der Waals surface area contributed by atoms with E-state index >= 15 is 0 Å². The third kappa shape index (κ3) is 6.38. The second kappa shape index (κ2) is 9.72. The number of aromatic nitrogens is 1. The predicted molar refractivity (Wildman–Crippen MR) is 117 cm³/mol. The molecule has 0 unspecified atom stereocenters. The smallest absolute Gasteiger partial charge is 0.367 e. The summed E-state index contributed by atoms with van der Waals surface area (Å²) in [5.74, 6) is 0.489. The monoisotopic (exact) mass is 468 g/mol. The summed E-state index contributed by atoms with van der Waals surface area (Å²) < 4.78 is 22.6.